The molecule has 2 saturated heterocycles. The lowest BCUT2D eigenvalue weighted by Crippen LogP contribution is -2.56. The van der Waals surface area contributed by atoms with Crippen molar-refractivity contribution in [2.75, 3.05) is 26.2 Å². The van der Waals surface area contributed by atoms with E-state index in [0.29, 0.717) is 45.7 Å². The fourth-order valence-electron chi connectivity index (χ4n) is 4.31. The number of hydrogen-bond acceptors (Lipinski definition) is 7. The largest absolute Gasteiger partial charge is 0.490 e. The molecule has 2 aliphatic rings. The third-order valence-corrected chi connectivity index (χ3v) is 6.45. The van der Waals surface area contributed by atoms with Gasteiger partial charge in [-0.15, -0.1) is 0 Å². The number of alkyl halides is 11. The molecule has 4 rings (SSSR count). The van der Waals surface area contributed by atoms with Crippen LogP contribution in [0.25, 0.3) is 0 Å². The van der Waals surface area contributed by atoms with E-state index in [4.69, 9.17) is 29.7 Å². The Bertz CT molecular complexity index is 1240. The summed E-state index contributed by atoms with van der Waals surface area (Å²) in [6.45, 7) is 3.33. The highest BCUT2D eigenvalue weighted by Crippen LogP contribution is 2.49. The molecule has 4 heterocycles. The summed E-state index contributed by atoms with van der Waals surface area (Å²) in [6, 6.07) is 9.68. The molecule has 21 heteroatoms. The van der Waals surface area contributed by atoms with E-state index < -0.39 is 47.8 Å². The van der Waals surface area contributed by atoms with Crippen molar-refractivity contribution >= 4 is 17.9 Å². The first kappa shape index (κ1) is 40.9. The van der Waals surface area contributed by atoms with Gasteiger partial charge in [-0.25, -0.2) is 23.2 Å². The molecule has 2 aliphatic heterocycles. The van der Waals surface area contributed by atoms with Gasteiger partial charge in [0.05, 0.1) is 11.1 Å². The van der Waals surface area contributed by atoms with Crippen LogP contribution in [0.4, 0.5) is 48.3 Å². The Hall–Kier alpha value is -4.14. The van der Waals surface area contributed by atoms with Crippen molar-refractivity contribution in [1.82, 2.24) is 19.8 Å². The molecule has 0 radical (unpaired) electrons. The van der Waals surface area contributed by atoms with E-state index in [2.05, 4.69) is 19.8 Å². The molecule has 10 nitrogen and oxygen atoms in total. The standard InChI is InChI=1S/C20H24F2N4.3C2HF3O2/c21-20(22)7-11-25(13-17-4-3-8-23-12-17)15-19(20)6-10-26(16-19)14-18-5-1-2-9-24-18;3*3-2(4,5)1(6)7/h1-5,8-9,12H,6-7,10-11,13-16H2;3*(H,6,7). The van der Waals surface area contributed by atoms with Crippen LogP contribution in [-0.4, -0.2) is 104 Å². The number of aliphatic carboxylic acids is 3. The zero-order valence-electron chi connectivity index (χ0n) is 23.8. The number of piperidine rings is 1. The minimum Gasteiger partial charge on any atom is -0.475 e. The molecule has 47 heavy (non-hydrogen) atoms. The number of carbonyl (C=O) groups is 3. The third-order valence-electron chi connectivity index (χ3n) is 6.45. The molecular weight excluding hydrogens is 673 g/mol. The zero-order chi connectivity index (χ0) is 36.3. The highest BCUT2D eigenvalue weighted by molar-refractivity contribution is 5.73. The van der Waals surface area contributed by atoms with Gasteiger partial charge in [0.1, 0.15) is 0 Å². The molecule has 0 aliphatic carbocycles. The van der Waals surface area contributed by atoms with Crippen LogP contribution in [0.1, 0.15) is 24.1 Å². The summed E-state index contributed by atoms with van der Waals surface area (Å²) in [5, 5.41) is 21.4. The van der Waals surface area contributed by atoms with Gasteiger partial charge in [-0.1, -0.05) is 12.1 Å². The number of likely N-dealkylation sites (tertiary alicyclic amines) is 2. The maximum Gasteiger partial charge on any atom is 0.490 e. The fraction of sp³-hybridized carbons (Fsp3) is 0.500. The van der Waals surface area contributed by atoms with Gasteiger partial charge in [-0.3, -0.25) is 19.8 Å². The number of carboxylic acid groups (broad SMARTS) is 3. The van der Waals surface area contributed by atoms with E-state index in [9.17, 15) is 48.3 Å². The third kappa shape index (κ3) is 14.0. The molecule has 0 saturated carbocycles. The van der Waals surface area contributed by atoms with Crippen molar-refractivity contribution in [3.63, 3.8) is 0 Å². The van der Waals surface area contributed by atoms with Gasteiger partial charge >= 0.3 is 36.4 Å². The van der Waals surface area contributed by atoms with Crippen molar-refractivity contribution in [3.05, 3.63) is 60.2 Å². The smallest absolute Gasteiger partial charge is 0.475 e. The van der Waals surface area contributed by atoms with Crippen molar-refractivity contribution in [2.45, 2.75) is 50.4 Å². The van der Waals surface area contributed by atoms with Crippen LogP contribution in [0.2, 0.25) is 0 Å². The molecule has 2 aromatic heterocycles. The molecule has 3 N–H and O–H groups in total. The quantitative estimate of drug-likeness (QED) is 0.368. The van der Waals surface area contributed by atoms with Gasteiger partial charge < -0.3 is 15.3 Å². The number of nitrogens with zero attached hydrogens (tertiary/aromatic N) is 4. The second-order valence-electron chi connectivity index (χ2n) is 10.00. The molecule has 0 bridgehead atoms. The number of rotatable bonds is 4. The topological polar surface area (TPSA) is 144 Å². The zero-order valence-corrected chi connectivity index (χ0v) is 23.8. The lowest BCUT2D eigenvalue weighted by molar-refractivity contribution is -0.193. The second-order valence-corrected chi connectivity index (χ2v) is 10.00. The van der Waals surface area contributed by atoms with E-state index >= 15 is 0 Å². The van der Waals surface area contributed by atoms with Gasteiger partial charge in [0, 0.05) is 57.7 Å². The number of carboxylic acids is 3. The summed E-state index contributed by atoms with van der Waals surface area (Å²) in [4.78, 5) is 39.5. The summed E-state index contributed by atoms with van der Waals surface area (Å²) in [5.74, 6) is -10.9. The lowest BCUT2D eigenvalue weighted by atomic mass is 9.75. The Morgan fingerprint density at radius 2 is 1.17 bits per heavy atom. The predicted octanol–water partition coefficient (Wildman–Crippen LogP) is 5.11. The monoisotopic (exact) mass is 700 g/mol. The molecule has 0 amide bonds. The molecule has 264 valence electrons. The maximum atomic E-state index is 14.9. The Labute approximate surface area is 258 Å². The lowest BCUT2D eigenvalue weighted by Gasteiger charge is -2.46. The average molecular weight is 701 g/mol. The van der Waals surface area contributed by atoms with E-state index in [-0.39, 0.29) is 6.42 Å². The highest BCUT2D eigenvalue weighted by Gasteiger charge is 2.59. The van der Waals surface area contributed by atoms with Gasteiger partial charge in [-0.2, -0.15) is 39.5 Å². The van der Waals surface area contributed by atoms with Crippen molar-refractivity contribution in [3.8, 4) is 0 Å². The van der Waals surface area contributed by atoms with Crippen LogP contribution in [0.5, 0.6) is 0 Å². The Kier molecular flexibility index (Phi) is 14.5. The normalized spacial score (nSPS) is 19.6. The van der Waals surface area contributed by atoms with Crippen LogP contribution in [-0.2, 0) is 27.5 Å². The van der Waals surface area contributed by atoms with Crippen molar-refractivity contribution in [2.24, 2.45) is 5.41 Å². The molecular formula is C26H27F11N4O6. The molecule has 1 spiro atoms. The summed E-state index contributed by atoms with van der Waals surface area (Å²) < 4.78 is 125. The minimum absolute atomic E-state index is 0.0648. The van der Waals surface area contributed by atoms with E-state index in [0.717, 1.165) is 11.3 Å². The predicted molar refractivity (Wildman–Crippen MR) is 137 cm³/mol. The number of aromatic nitrogens is 2. The van der Waals surface area contributed by atoms with Gasteiger partial charge in [-0.05, 0) is 36.7 Å². The van der Waals surface area contributed by atoms with Gasteiger partial charge in [0.15, 0.2) is 0 Å². The van der Waals surface area contributed by atoms with Crippen molar-refractivity contribution < 1.29 is 78.0 Å². The first-order valence-corrected chi connectivity index (χ1v) is 12.9. The van der Waals surface area contributed by atoms with E-state index in [1.54, 1.807) is 12.4 Å². The Morgan fingerprint density at radius 3 is 1.57 bits per heavy atom. The number of hydrogen-bond donors (Lipinski definition) is 3. The second kappa shape index (κ2) is 16.6. The SMILES string of the molecule is FC1(F)CCN(Cc2cccnc2)CC12CCN(Cc1ccccn1)C2.O=C(O)C(F)(F)F.O=C(O)C(F)(F)F.O=C(O)C(F)(F)F. The molecule has 0 aromatic carbocycles. The first-order valence-electron chi connectivity index (χ1n) is 12.9. The Balaban J connectivity index is 0.000000430. The van der Waals surface area contributed by atoms with Crippen molar-refractivity contribution in [1.29, 1.82) is 0 Å². The van der Waals surface area contributed by atoms with Crippen LogP contribution < -0.4 is 0 Å². The summed E-state index contributed by atoms with van der Waals surface area (Å²) in [6.07, 6.45) is -9.46. The number of pyridine rings is 2. The number of halogens is 11. The molecule has 2 fully saturated rings. The highest BCUT2D eigenvalue weighted by atomic mass is 19.4. The van der Waals surface area contributed by atoms with Crippen LogP contribution >= 0.6 is 0 Å². The maximum absolute atomic E-state index is 14.9. The molecule has 1 atom stereocenters. The molecule has 2 aromatic rings. The van der Waals surface area contributed by atoms with E-state index in [1.165, 1.54) is 0 Å². The van der Waals surface area contributed by atoms with Crippen LogP contribution in [0.15, 0.2) is 48.9 Å². The van der Waals surface area contributed by atoms with Gasteiger partial charge in [0.2, 0.25) is 0 Å². The minimum atomic E-state index is -5.08. The first-order chi connectivity index (χ1) is 21.4. The Morgan fingerprint density at radius 1 is 0.702 bits per heavy atom. The van der Waals surface area contributed by atoms with Crippen LogP contribution in [0, 0.1) is 5.41 Å². The summed E-state index contributed by atoms with van der Waals surface area (Å²) in [5.41, 5.74) is 1.06. The van der Waals surface area contributed by atoms with Crippen LogP contribution in [0.3, 0.4) is 0 Å². The fourth-order valence-corrected chi connectivity index (χ4v) is 4.31. The average Bonchev–Trinajstić information content (AvgIpc) is 3.35. The summed E-state index contributed by atoms with van der Waals surface area (Å²) >= 11 is 0. The molecule has 1 unspecified atom stereocenters. The van der Waals surface area contributed by atoms with E-state index in [1.807, 2.05) is 36.5 Å². The van der Waals surface area contributed by atoms with Gasteiger partial charge in [0.25, 0.3) is 5.92 Å². The summed E-state index contributed by atoms with van der Waals surface area (Å²) in [7, 11) is 0.